The van der Waals surface area contributed by atoms with Crippen molar-refractivity contribution in [1.29, 1.82) is 0 Å². The highest BCUT2D eigenvalue weighted by atomic mass is 19.4. The first-order chi connectivity index (χ1) is 7.92. The highest BCUT2D eigenvalue weighted by molar-refractivity contribution is 5.39. The third kappa shape index (κ3) is 4.95. The highest BCUT2D eigenvalue weighted by Crippen LogP contribution is 2.28. The molecule has 0 radical (unpaired) electrons. The Labute approximate surface area is 97.3 Å². The van der Waals surface area contributed by atoms with E-state index in [9.17, 15) is 13.2 Å². The molecule has 0 atom stereocenters. The van der Waals surface area contributed by atoms with Crippen molar-refractivity contribution in [3.63, 3.8) is 0 Å². The summed E-state index contributed by atoms with van der Waals surface area (Å²) in [6.45, 7) is 2.58. The third-order valence-corrected chi connectivity index (χ3v) is 2.00. The molecule has 17 heavy (non-hydrogen) atoms. The van der Waals surface area contributed by atoms with E-state index in [0.29, 0.717) is 25.3 Å². The smallest absolute Gasteiger partial charge is 0.493 e. The van der Waals surface area contributed by atoms with E-state index in [-0.39, 0.29) is 5.75 Å². The van der Waals surface area contributed by atoms with Crippen LogP contribution >= 0.6 is 0 Å². The fraction of sp³-hybridized carbons (Fsp3) is 0.455. The molecule has 6 heteroatoms. The summed E-state index contributed by atoms with van der Waals surface area (Å²) in [5.41, 5.74) is 6.04. The van der Waals surface area contributed by atoms with Crippen LogP contribution in [0.2, 0.25) is 0 Å². The van der Waals surface area contributed by atoms with E-state index < -0.39 is 6.36 Å². The number of benzene rings is 1. The number of ether oxygens (including phenoxy) is 2. The molecular weight excluding hydrogens is 235 g/mol. The van der Waals surface area contributed by atoms with Gasteiger partial charge in [0.25, 0.3) is 0 Å². The van der Waals surface area contributed by atoms with Crippen LogP contribution in [0.15, 0.2) is 18.2 Å². The molecule has 0 aliphatic heterocycles. The summed E-state index contributed by atoms with van der Waals surface area (Å²) in [4.78, 5) is 0. The predicted molar refractivity (Wildman–Crippen MR) is 57.0 cm³/mol. The van der Waals surface area contributed by atoms with E-state index in [2.05, 4.69) is 4.74 Å². The van der Waals surface area contributed by atoms with Crippen molar-refractivity contribution in [3.05, 3.63) is 23.8 Å². The molecule has 0 aliphatic carbocycles. The largest absolute Gasteiger partial charge is 0.573 e. The Balaban J connectivity index is 2.72. The van der Waals surface area contributed by atoms with E-state index >= 15 is 0 Å². The summed E-state index contributed by atoms with van der Waals surface area (Å²) in [6.07, 6.45) is -4.05. The van der Waals surface area contributed by atoms with Gasteiger partial charge in [-0.15, -0.1) is 13.2 Å². The zero-order chi connectivity index (χ0) is 12.9. The average Bonchev–Trinajstić information content (AvgIpc) is 2.21. The molecule has 0 fully saturated rings. The fourth-order valence-electron chi connectivity index (χ4n) is 1.20. The van der Waals surface area contributed by atoms with Crippen LogP contribution < -0.4 is 15.2 Å². The number of rotatable bonds is 5. The van der Waals surface area contributed by atoms with E-state index in [0.717, 1.165) is 5.56 Å². The molecule has 0 heterocycles. The monoisotopic (exact) mass is 249 g/mol. The maximum Gasteiger partial charge on any atom is 0.573 e. The Bertz CT molecular complexity index is 366. The summed E-state index contributed by atoms with van der Waals surface area (Å²) < 4.78 is 45.1. The second-order valence-electron chi connectivity index (χ2n) is 3.47. The van der Waals surface area contributed by atoms with Crippen molar-refractivity contribution in [2.75, 3.05) is 13.2 Å². The molecule has 1 aromatic rings. The lowest BCUT2D eigenvalue weighted by molar-refractivity contribution is -0.274. The fourth-order valence-corrected chi connectivity index (χ4v) is 1.20. The van der Waals surface area contributed by atoms with Crippen LogP contribution in [0, 0.1) is 6.92 Å². The second-order valence-corrected chi connectivity index (χ2v) is 3.47. The highest BCUT2D eigenvalue weighted by Gasteiger charge is 2.31. The molecule has 96 valence electrons. The zero-order valence-electron chi connectivity index (χ0n) is 9.38. The summed E-state index contributed by atoms with van der Waals surface area (Å²) in [7, 11) is 0. The quantitative estimate of drug-likeness (QED) is 0.816. The van der Waals surface area contributed by atoms with Crippen molar-refractivity contribution in [3.8, 4) is 11.5 Å². The molecule has 3 nitrogen and oxygen atoms in total. The van der Waals surface area contributed by atoms with Gasteiger partial charge in [-0.25, -0.2) is 0 Å². The molecule has 0 saturated heterocycles. The molecule has 1 aromatic carbocycles. The number of halogens is 3. The van der Waals surface area contributed by atoms with Gasteiger partial charge in [0.2, 0.25) is 0 Å². The topological polar surface area (TPSA) is 44.5 Å². The van der Waals surface area contributed by atoms with Crippen LogP contribution in [0.4, 0.5) is 13.2 Å². The Hall–Kier alpha value is -1.43. The number of hydrogen-bond donors (Lipinski definition) is 1. The van der Waals surface area contributed by atoms with Crippen molar-refractivity contribution >= 4 is 0 Å². The number of aryl methyl sites for hydroxylation is 1. The molecular formula is C11H14F3NO2. The van der Waals surface area contributed by atoms with Crippen LogP contribution in [0.3, 0.4) is 0 Å². The van der Waals surface area contributed by atoms with Crippen LogP contribution in [0.25, 0.3) is 0 Å². The second kappa shape index (κ2) is 5.77. The Morgan fingerprint density at radius 3 is 2.59 bits per heavy atom. The lowest BCUT2D eigenvalue weighted by Crippen LogP contribution is -2.17. The van der Waals surface area contributed by atoms with Gasteiger partial charge in [-0.2, -0.15) is 0 Å². The van der Waals surface area contributed by atoms with E-state index in [1.54, 1.807) is 6.92 Å². The van der Waals surface area contributed by atoms with Gasteiger partial charge in [0.05, 0.1) is 6.61 Å². The summed E-state index contributed by atoms with van der Waals surface area (Å²) >= 11 is 0. The summed E-state index contributed by atoms with van der Waals surface area (Å²) in [5, 5.41) is 0. The lowest BCUT2D eigenvalue weighted by Gasteiger charge is -2.12. The Kier molecular flexibility index (Phi) is 4.62. The number of hydrogen-bond acceptors (Lipinski definition) is 3. The molecule has 0 aromatic heterocycles. The molecule has 2 N–H and O–H groups in total. The minimum absolute atomic E-state index is 0.286. The van der Waals surface area contributed by atoms with Gasteiger partial charge >= 0.3 is 6.36 Å². The van der Waals surface area contributed by atoms with Crippen molar-refractivity contribution in [1.82, 2.24) is 0 Å². The number of nitrogens with two attached hydrogens (primary N) is 1. The van der Waals surface area contributed by atoms with Gasteiger partial charge in [0, 0.05) is 6.07 Å². The van der Waals surface area contributed by atoms with Gasteiger partial charge in [-0.1, -0.05) is 6.07 Å². The van der Waals surface area contributed by atoms with Crippen molar-refractivity contribution < 1.29 is 22.6 Å². The number of alkyl halides is 3. The average molecular weight is 249 g/mol. The van der Waals surface area contributed by atoms with Crippen LogP contribution in [0.5, 0.6) is 11.5 Å². The normalized spacial score (nSPS) is 11.4. The standard InChI is InChI=1S/C11H14F3NO2/c1-8-3-4-9(17-11(12,13)14)7-10(8)16-6-2-5-15/h3-4,7H,2,5-6,15H2,1H3. The van der Waals surface area contributed by atoms with E-state index in [1.165, 1.54) is 18.2 Å². The first-order valence-corrected chi connectivity index (χ1v) is 5.11. The first-order valence-electron chi connectivity index (χ1n) is 5.11. The van der Waals surface area contributed by atoms with Gasteiger partial charge in [-0.05, 0) is 31.5 Å². The van der Waals surface area contributed by atoms with Gasteiger partial charge in [0.15, 0.2) is 0 Å². The van der Waals surface area contributed by atoms with Gasteiger partial charge in [0.1, 0.15) is 11.5 Å². The Morgan fingerprint density at radius 2 is 2.00 bits per heavy atom. The van der Waals surface area contributed by atoms with E-state index in [4.69, 9.17) is 10.5 Å². The molecule has 0 aliphatic rings. The third-order valence-electron chi connectivity index (χ3n) is 2.00. The SMILES string of the molecule is Cc1ccc(OC(F)(F)F)cc1OCCCN. The Morgan fingerprint density at radius 1 is 1.29 bits per heavy atom. The minimum atomic E-state index is -4.69. The first kappa shape index (κ1) is 13.6. The molecule has 1 rings (SSSR count). The predicted octanol–water partition coefficient (Wildman–Crippen LogP) is 2.62. The van der Waals surface area contributed by atoms with Crippen molar-refractivity contribution in [2.45, 2.75) is 19.7 Å². The summed E-state index contributed by atoms with van der Waals surface area (Å²) in [5.74, 6) is 0.0889. The van der Waals surface area contributed by atoms with Crippen molar-refractivity contribution in [2.24, 2.45) is 5.73 Å². The van der Waals surface area contributed by atoms with Crippen LogP contribution in [-0.4, -0.2) is 19.5 Å². The molecule has 0 unspecified atom stereocenters. The van der Waals surface area contributed by atoms with Gasteiger partial charge < -0.3 is 15.2 Å². The van der Waals surface area contributed by atoms with E-state index in [1.807, 2.05) is 0 Å². The molecule has 0 bridgehead atoms. The molecule has 0 amide bonds. The van der Waals surface area contributed by atoms with Crippen LogP contribution in [-0.2, 0) is 0 Å². The maximum atomic E-state index is 12.0. The van der Waals surface area contributed by atoms with Gasteiger partial charge in [-0.3, -0.25) is 0 Å². The van der Waals surface area contributed by atoms with Crippen LogP contribution in [0.1, 0.15) is 12.0 Å². The zero-order valence-corrected chi connectivity index (χ0v) is 9.38. The maximum absolute atomic E-state index is 12.0. The molecule has 0 saturated carbocycles. The summed E-state index contributed by atoms with van der Waals surface area (Å²) in [6, 6.07) is 3.98. The minimum Gasteiger partial charge on any atom is -0.493 e. The lowest BCUT2D eigenvalue weighted by atomic mass is 10.2. The molecule has 0 spiro atoms.